The first-order valence-electron chi connectivity index (χ1n) is 12.4. The topological polar surface area (TPSA) is 73.6 Å². The lowest BCUT2D eigenvalue weighted by Gasteiger charge is -2.29. The van der Waals surface area contributed by atoms with Crippen molar-refractivity contribution in [3.63, 3.8) is 0 Å². The number of aliphatic carboxylic acids is 1. The van der Waals surface area contributed by atoms with E-state index in [0.717, 1.165) is 60.8 Å². The fourth-order valence-electron chi connectivity index (χ4n) is 5.59. The van der Waals surface area contributed by atoms with Crippen molar-refractivity contribution in [1.29, 1.82) is 0 Å². The number of rotatable bonds is 4. The molecule has 1 aromatic carbocycles. The Balaban J connectivity index is 1.88. The van der Waals surface area contributed by atoms with E-state index in [1.807, 2.05) is 34.6 Å². The van der Waals surface area contributed by atoms with E-state index in [1.165, 1.54) is 11.8 Å². The molecule has 0 aliphatic carbocycles. The van der Waals surface area contributed by atoms with Gasteiger partial charge in [0.2, 0.25) is 0 Å². The van der Waals surface area contributed by atoms with Gasteiger partial charge in [0, 0.05) is 40.0 Å². The number of fused-ring (bicyclic) bond motifs is 4. The normalized spacial score (nSPS) is 16.5. The number of hydrogen-bond acceptors (Lipinski definition) is 4. The van der Waals surface area contributed by atoms with Crippen LogP contribution in [0.2, 0.25) is 0 Å². The van der Waals surface area contributed by atoms with Crippen LogP contribution in [0.1, 0.15) is 74.2 Å². The molecule has 0 unspecified atom stereocenters. The molecule has 0 spiro atoms. The van der Waals surface area contributed by atoms with E-state index >= 15 is 4.39 Å². The Bertz CT molecular complexity index is 1340. The van der Waals surface area contributed by atoms with E-state index in [2.05, 4.69) is 10.6 Å². The molecule has 3 aromatic rings. The van der Waals surface area contributed by atoms with Crippen LogP contribution in [0.3, 0.4) is 0 Å². The van der Waals surface area contributed by atoms with Gasteiger partial charge in [-0.2, -0.15) is 0 Å². The van der Waals surface area contributed by atoms with Crippen molar-refractivity contribution in [2.45, 2.75) is 85.0 Å². The summed E-state index contributed by atoms with van der Waals surface area (Å²) in [4.78, 5) is 17.5. The average Bonchev–Trinajstić information content (AvgIpc) is 3.17. The molecule has 1 N–H and O–H groups in total. The average molecular weight is 481 g/mol. The lowest BCUT2D eigenvalue weighted by Crippen LogP contribution is -2.28. The third-order valence-electron chi connectivity index (χ3n) is 7.08. The highest BCUT2D eigenvalue weighted by molar-refractivity contribution is 5.99. The Hall–Kier alpha value is -2.93. The van der Waals surface area contributed by atoms with Gasteiger partial charge < -0.3 is 19.1 Å². The minimum absolute atomic E-state index is 0.318. The predicted molar refractivity (Wildman–Crippen MR) is 133 cm³/mol. The molecular formula is C28H33FN2O4. The summed E-state index contributed by atoms with van der Waals surface area (Å²) in [6.07, 6.45) is 3.42. The maximum atomic E-state index is 15.4. The van der Waals surface area contributed by atoms with Crippen molar-refractivity contribution in [1.82, 2.24) is 9.55 Å². The van der Waals surface area contributed by atoms with Crippen molar-refractivity contribution in [2.24, 2.45) is 0 Å². The van der Waals surface area contributed by atoms with E-state index in [0.29, 0.717) is 34.7 Å². The standard InChI is InChI=1S/C28H33FN2O4/c1-15-18-10-8-12-34-24(18)21(29)14-19(15)23-20-13-17-9-6-7-11-31(17)26(20)30-16(2)22(23)25(27(32)33)35-28(3,4)5/h13-14,25H,6-12H2,1-5H3,(H,32,33)/t25-/m0/s1. The zero-order valence-corrected chi connectivity index (χ0v) is 21.1. The molecule has 0 saturated carbocycles. The molecule has 6 nitrogen and oxygen atoms in total. The summed E-state index contributed by atoms with van der Waals surface area (Å²) in [6.45, 7) is 10.7. The molecule has 0 radical (unpaired) electrons. The largest absolute Gasteiger partial charge is 0.490 e. The maximum absolute atomic E-state index is 15.4. The summed E-state index contributed by atoms with van der Waals surface area (Å²) < 4.78 is 29.4. The monoisotopic (exact) mass is 480 g/mol. The summed E-state index contributed by atoms with van der Waals surface area (Å²) in [6, 6.07) is 3.62. The Morgan fingerprint density at radius 3 is 2.69 bits per heavy atom. The third-order valence-corrected chi connectivity index (χ3v) is 7.08. The summed E-state index contributed by atoms with van der Waals surface area (Å²) in [5.74, 6) is -1.19. The second-order valence-corrected chi connectivity index (χ2v) is 10.7. The molecule has 7 heteroatoms. The second kappa shape index (κ2) is 8.63. The first-order valence-corrected chi connectivity index (χ1v) is 12.4. The van der Waals surface area contributed by atoms with Gasteiger partial charge >= 0.3 is 5.97 Å². The maximum Gasteiger partial charge on any atom is 0.337 e. The van der Waals surface area contributed by atoms with Gasteiger partial charge in [-0.1, -0.05) is 0 Å². The number of nitrogens with zero attached hydrogens (tertiary/aromatic N) is 2. The van der Waals surface area contributed by atoms with Crippen LogP contribution in [0.25, 0.3) is 22.2 Å². The van der Waals surface area contributed by atoms with Crippen LogP contribution in [0, 0.1) is 19.7 Å². The van der Waals surface area contributed by atoms with Gasteiger partial charge in [-0.05, 0) is 90.0 Å². The van der Waals surface area contributed by atoms with E-state index in [1.54, 1.807) is 0 Å². The van der Waals surface area contributed by atoms with E-state index in [-0.39, 0.29) is 0 Å². The van der Waals surface area contributed by atoms with Crippen LogP contribution < -0.4 is 4.74 Å². The van der Waals surface area contributed by atoms with Crippen LogP contribution >= 0.6 is 0 Å². The van der Waals surface area contributed by atoms with Crippen LogP contribution in [-0.2, 0) is 28.9 Å². The van der Waals surface area contributed by atoms with Gasteiger partial charge in [0.25, 0.3) is 0 Å². The van der Waals surface area contributed by atoms with Gasteiger partial charge in [0.1, 0.15) is 5.65 Å². The lowest BCUT2D eigenvalue weighted by atomic mass is 9.86. The SMILES string of the molecule is Cc1nc2c(cc3n2CCCC3)c(-c2cc(F)c3c(c2C)CCCO3)c1[C@H](OC(C)(C)C)C(=O)O. The van der Waals surface area contributed by atoms with Crippen LogP contribution in [0.15, 0.2) is 12.1 Å². The van der Waals surface area contributed by atoms with Gasteiger partial charge in [-0.15, -0.1) is 0 Å². The molecule has 4 heterocycles. The molecule has 2 aliphatic rings. The highest BCUT2D eigenvalue weighted by Gasteiger charge is 2.34. The molecule has 5 rings (SSSR count). The predicted octanol–water partition coefficient (Wildman–Crippen LogP) is 6.06. The van der Waals surface area contributed by atoms with Crippen molar-refractivity contribution in [3.05, 3.63) is 46.0 Å². The smallest absolute Gasteiger partial charge is 0.337 e. The fraction of sp³-hybridized carbons (Fsp3) is 0.500. The lowest BCUT2D eigenvalue weighted by molar-refractivity contribution is -0.160. The Morgan fingerprint density at radius 2 is 1.97 bits per heavy atom. The van der Waals surface area contributed by atoms with Gasteiger partial charge in [-0.3, -0.25) is 0 Å². The number of benzene rings is 1. The van der Waals surface area contributed by atoms with Gasteiger partial charge in [0.05, 0.1) is 12.2 Å². The molecule has 1 atom stereocenters. The number of carbonyl (C=O) groups is 1. The Labute approximate surface area is 205 Å². The quantitative estimate of drug-likeness (QED) is 0.491. The molecule has 2 aliphatic heterocycles. The van der Waals surface area contributed by atoms with Crippen molar-refractivity contribution >= 4 is 17.0 Å². The number of ether oxygens (including phenoxy) is 2. The molecule has 0 fully saturated rings. The highest BCUT2D eigenvalue weighted by Crippen LogP contribution is 2.45. The minimum Gasteiger partial charge on any atom is -0.490 e. The van der Waals surface area contributed by atoms with Crippen molar-refractivity contribution in [2.75, 3.05) is 6.61 Å². The van der Waals surface area contributed by atoms with Crippen LogP contribution in [-0.4, -0.2) is 32.8 Å². The highest BCUT2D eigenvalue weighted by atomic mass is 19.1. The number of halogens is 1. The number of aryl methyl sites for hydroxylation is 3. The fourth-order valence-corrected chi connectivity index (χ4v) is 5.59. The first kappa shape index (κ1) is 23.8. The molecule has 0 amide bonds. The minimum atomic E-state index is -1.24. The Kier molecular flexibility index (Phi) is 5.86. The number of pyridine rings is 1. The second-order valence-electron chi connectivity index (χ2n) is 10.7. The van der Waals surface area contributed by atoms with Crippen molar-refractivity contribution in [3.8, 4) is 16.9 Å². The van der Waals surface area contributed by atoms with Crippen LogP contribution in [0.4, 0.5) is 4.39 Å². The van der Waals surface area contributed by atoms with E-state index < -0.39 is 23.5 Å². The van der Waals surface area contributed by atoms with E-state index in [9.17, 15) is 9.90 Å². The summed E-state index contributed by atoms with van der Waals surface area (Å²) in [5.41, 5.74) is 5.53. The van der Waals surface area contributed by atoms with Gasteiger partial charge in [-0.25, -0.2) is 14.2 Å². The number of carboxylic acids is 1. The number of aromatic nitrogens is 2. The number of carboxylic acid groups (broad SMARTS) is 1. The first-order chi connectivity index (χ1) is 16.6. The zero-order valence-electron chi connectivity index (χ0n) is 21.1. The molecule has 35 heavy (non-hydrogen) atoms. The summed E-state index contributed by atoms with van der Waals surface area (Å²) in [5, 5.41) is 11.1. The summed E-state index contributed by atoms with van der Waals surface area (Å²) >= 11 is 0. The molecule has 0 saturated heterocycles. The van der Waals surface area contributed by atoms with Crippen molar-refractivity contribution < 1.29 is 23.8 Å². The number of hydrogen-bond donors (Lipinski definition) is 1. The molecule has 2 aromatic heterocycles. The van der Waals surface area contributed by atoms with Crippen LogP contribution in [0.5, 0.6) is 5.75 Å². The zero-order chi connectivity index (χ0) is 25.1. The third kappa shape index (κ3) is 4.10. The molecule has 0 bridgehead atoms. The van der Waals surface area contributed by atoms with E-state index in [4.69, 9.17) is 14.5 Å². The molecule has 186 valence electrons. The van der Waals surface area contributed by atoms with Gasteiger partial charge in [0.15, 0.2) is 17.7 Å². The Morgan fingerprint density at radius 1 is 1.20 bits per heavy atom. The summed E-state index contributed by atoms with van der Waals surface area (Å²) in [7, 11) is 0. The molecular weight excluding hydrogens is 447 g/mol.